The molecule has 354 valence electrons. The summed E-state index contributed by atoms with van der Waals surface area (Å²) in [5.74, 6) is -0.912. The maximum atomic E-state index is 12.8. The van der Waals surface area contributed by atoms with Crippen molar-refractivity contribution in [1.29, 1.82) is 0 Å². The lowest BCUT2D eigenvalue weighted by molar-refractivity contribution is -0.167. The molecular formula is C55H98O6. The first-order valence-corrected chi connectivity index (χ1v) is 26.2. The van der Waals surface area contributed by atoms with Crippen molar-refractivity contribution >= 4 is 17.9 Å². The van der Waals surface area contributed by atoms with Crippen LogP contribution in [0.3, 0.4) is 0 Å². The van der Waals surface area contributed by atoms with Gasteiger partial charge in [-0.15, -0.1) is 0 Å². The van der Waals surface area contributed by atoms with E-state index in [4.69, 9.17) is 14.2 Å². The van der Waals surface area contributed by atoms with E-state index >= 15 is 0 Å². The molecule has 0 N–H and O–H groups in total. The molecule has 0 bridgehead atoms. The molecule has 0 radical (unpaired) electrons. The van der Waals surface area contributed by atoms with E-state index < -0.39 is 6.10 Å². The van der Waals surface area contributed by atoms with Crippen LogP contribution in [0.4, 0.5) is 0 Å². The van der Waals surface area contributed by atoms with E-state index in [-0.39, 0.29) is 31.1 Å². The summed E-state index contributed by atoms with van der Waals surface area (Å²) in [6.45, 7) is 6.47. The molecule has 0 aliphatic heterocycles. The number of esters is 3. The molecule has 1 unspecified atom stereocenters. The molecule has 0 saturated heterocycles. The highest BCUT2D eigenvalue weighted by Crippen LogP contribution is 2.16. The minimum Gasteiger partial charge on any atom is -0.462 e. The lowest BCUT2D eigenvalue weighted by atomic mass is 10.0. The average molecular weight is 855 g/mol. The number of hydrogen-bond acceptors (Lipinski definition) is 6. The van der Waals surface area contributed by atoms with E-state index in [0.29, 0.717) is 19.3 Å². The van der Waals surface area contributed by atoms with Crippen LogP contribution in [-0.2, 0) is 28.6 Å². The summed E-state index contributed by atoms with van der Waals surface area (Å²) in [5, 5.41) is 0. The molecule has 0 rings (SSSR count). The predicted octanol–water partition coefficient (Wildman–Crippen LogP) is 17.1. The Hall–Kier alpha value is -2.63. The monoisotopic (exact) mass is 855 g/mol. The van der Waals surface area contributed by atoms with Crippen LogP contribution >= 0.6 is 0 Å². The summed E-state index contributed by atoms with van der Waals surface area (Å²) in [5.41, 5.74) is 0. The number of ether oxygens (including phenoxy) is 3. The Morgan fingerprint density at radius 1 is 0.361 bits per heavy atom. The minimum atomic E-state index is -0.784. The van der Waals surface area contributed by atoms with Gasteiger partial charge in [0.25, 0.3) is 0 Å². The van der Waals surface area contributed by atoms with E-state index in [1.807, 2.05) is 0 Å². The molecule has 0 aliphatic rings. The Labute approximate surface area is 378 Å². The fourth-order valence-electron chi connectivity index (χ4n) is 7.40. The van der Waals surface area contributed by atoms with Crippen LogP contribution in [0.25, 0.3) is 0 Å². The third-order valence-electron chi connectivity index (χ3n) is 11.3. The Morgan fingerprint density at radius 3 is 1.15 bits per heavy atom. The zero-order valence-electron chi connectivity index (χ0n) is 40.4. The van der Waals surface area contributed by atoms with Gasteiger partial charge in [-0.1, -0.05) is 230 Å². The molecule has 0 aliphatic carbocycles. The van der Waals surface area contributed by atoms with Crippen LogP contribution in [0.1, 0.15) is 265 Å². The molecule has 0 aromatic rings. The first kappa shape index (κ1) is 58.4. The molecule has 0 aromatic carbocycles. The molecule has 0 saturated carbocycles. The quantitative estimate of drug-likeness (QED) is 0.0199. The Kier molecular flexibility index (Phi) is 47.9. The second kappa shape index (κ2) is 50.0. The second-order valence-electron chi connectivity index (χ2n) is 17.4. The predicted molar refractivity (Wildman–Crippen MR) is 261 cm³/mol. The SMILES string of the molecule is CC/C=C\C/C=C\CCCCCCCCCC(=O)OC(COC(=O)CCCCC/C=C\C=C/CCCC)COC(=O)CCCCCCCCCCCCCCCCCCCC. The smallest absolute Gasteiger partial charge is 0.306 e. The number of allylic oxidation sites excluding steroid dienone is 8. The van der Waals surface area contributed by atoms with Gasteiger partial charge in [-0.05, 0) is 64.2 Å². The van der Waals surface area contributed by atoms with Gasteiger partial charge in [0.2, 0.25) is 0 Å². The average Bonchev–Trinajstić information content (AvgIpc) is 3.26. The first-order chi connectivity index (χ1) is 30.0. The fraction of sp³-hybridized carbons (Fsp3) is 0.800. The largest absolute Gasteiger partial charge is 0.462 e. The van der Waals surface area contributed by atoms with Crippen LogP contribution in [0.2, 0.25) is 0 Å². The van der Waals surface area contributed by atoms with Crippen molar-refractivity contribution in [2.45, 2.75) is 271 Å². The normalized spacial score (nSPS) is 12.4. The van der Waals surface area contributed by atoms with E-state index in [9.17, 15) is 14.4 Å². The van der Waals surface area contributed by atoms with Crippen molar-refractivity contribution in [3.63, 3.8) is 0 Å². The maximum absolute atomic E-state index is 12.8. The number of hydrogen-bond donors (Lipinski definition) is 0. The topological polar surface area (TPSA) is 78.9 Å². The molecule has 6 nitrogen and oxygen atoms in total. The van der Waals surface area contributed by atoms with Crippen molar-refractivity contribution in [2.24, 2.45) is 0 Å². The van der Waals surface area contributed by atoms with Crippen LogP contribution < -0.4 is 0 Å². The fourth-order valence-corrected chi connectivity index (χ4v) is 7.40. The van der Waals surface area contributed by atoms with Crippen molar-refractivity contribution < 1.29 is 28.6 Å². The van der Waals surface area contributed by atoms with Crippen molar-refractivity contribution in [3.8, 4) is 0 Å². The van der Waals surface area contributed by atoms with Crippen LogP contribution in [-0.4, -0.2) is 37.2 Å². The highest BCUT2D eigenvalue weighted by Gasteiger charge is 2.19. The zero-order chi connectivity index (χ0) is 44.4. The van der Waals surface area contributed by atoms with Gasteiger partial charge in [-0.25, -0.2) is 0 Å². The number of carbonyl (C=O) groups excluding carboxylic acids is 3. The Balaban J connectivity index is 4.33. The van der Waals surface area contributed by atoms with Crippen molar-refractivity contribution in [2.75, 3.05) is 13.2 Å². The highest BCUT2D eigenvalue weighted by molar-refractivity contribution is 5.71. The Bertz CT molecular complexity index is 1070. The minimum absolute atomic E-state index is 0.0826. The number of rotatable bonds is 47. The Morgan fingerprint density at radius 2 is 0.705 bits per heavy atom. The van der Waals surface area contributed by atoms with Crippen LogP contribution in [0.15, 0.2) is 48.6 Å². The van der Waals surface area contributed by atoms with Gasteiger partial charge in [0.1, 0.15) is 13.2 Å². The molecule has 1 atom stereocenters. The molecular weight excluding hydrogens is 757 g/mol. The number of carbonyl (C=O) groups is 3. The van der Waals surface area contributed by atoms with E-state index in [1.165, 1.54) is 135 Å². The van der Waals surface area contributed by atoms with E-state index in [1.54, 1.807) is 0 Å². The molecule has 61 heavy (non-hydrogen) atoms. The van der Waals surface area contributed by atoms with Gasteiger partial charge in [0, 0.05) is 19.3 Å². The lowest BCUT2D eigenvalue weighted by Gasteiger charge is -2.18. The molecule has 0 aromatic heterocycles. The summed E-state index contributed by atoms with van der Waals surface area (Å²) in [4.78, 5) is 37.9. The molecule has 0 heterocycles. The summed E-state index contributed by atoms with van der Waals surface area (Å²) in [6, 6.07) is 0. The molecule has 0 fully saturated rings. The van der Waals surface area contributed by atoms with Crippen LogP contribution in [0.5, 0.6) is 0 Å². The van der Waals surface area contributed by atoms with Crippen molar-refractivity contribution in [1.82, 2.24) is 0 Å². The van der Waals surface area contributed by atoms with Crippen molar-refractivity contribution in [3.05, 3.63) is 48.6 Å². The first-order valence-electron chi connectivity index (χ1n) is 26.2. The van der Waals surface area contributed by atoms with Gasteiger partial charge in [0.05, 0.1) is 0 Å². The van der Waals surface area contributed by atoms with Gasteiger partial charge in [-0.2, -0.15) is 0 Å². The molecule has 0 amide bonds. The summed E-state index contributed by atoms with van der Waals surface area (Å²) >= 11 is 0. The summed E-state index contributed by atoms with van der Waals surface area (Å²) in [6.07, 6.45) is 59.6. The van der Waals surface area contributed by atoms with Crippen LogP contribution in [0, 0.1) is 0 Å². The van der Waals surface area contributed by atoms with Gasteiger partial charge in [0.15, 0.2) is 6.10 Å². The number of unbranched alkanes of at least 4 members (excludes halogenated alkanes) is 29. The zero-order valence-corrected chi connectivity index (χ0v) is 40.4. The third-order valence-corrected chi connectivity index (χ3v) is 11.3. The molecule has 6 heteroatoms. The van der Waals surface area contributed by atoms with Gasteiger partial charge < -0.3 is 14.2 Å². The van der Waals surface area contributed by atoms with Gasteiger partial charge in [-0.3, -0.25) is 14.4 Å². The van der Waals surface area contributed by atoms with E-state index in [2.05, 4.69) is 69.4 Å². The van der Waals surface area contributed by atoms with E-state index in [0.717, 1.165) is 89.9 Å². The third kappa shape index (κ3) is 48.3. The molecule has 0 spiro atoms. The maximum Gasteiger partial charge on any atom is 0.306 e. The lowest BCUT2D eigenvalue weighted by Crippen LogP contribution is -2.30. The summed E-state index contributed by atoms with van der Waals surface area (Å²) in [7, 11) is 0. The second-order valence-corrected chi connectivity index (χ2v) is 17.4. The highest BCUT2D eigenvalue weighted by atomic mass is 16.6. The summed E-state index contributed by atoms with van der Waals surface area (Å²) < 4.78 is 16.8. The van der Waals surface area contributed by atoms with Gasteiger partial charge >= 0.3 is 17.9 Å². The standard InChI is InChI=1S/C55H98O6/c1-4-7-10-13-16-19-22-24-26-27-28-29-31-33-36-39-42-45-48-54(57)60-51-52(50-59-53(56)47-44-41-38-35-32-21-18-15-12-9-6-3)61-55(58)49-46-43-40-37-34-30-25-23-20-17-14-11-8-5-2/h8,11,15,17-18,20-21,32,52H,4-7,9-10,12-14,16,19,22-31,33-51H2,1-3H3/b11-8-,18-15-,20-17-,32-21-.